The average molecular weight is 267 g/mol. The molecule has 0 aliphatic carbocycles. The lowest BCUT2D eigenvalue weighted by molar-refractivity contribution is 0.0603. The van der Waals surface area contributed by atoms with Crippen LogP contribution in [0, 0.1) is 0 Å². The molecule has 0 aliphatic rings. The zero-order chi connectivity index (χ0) is 14.1. The number of hydrogen-bond donors (Lipinski definition) is 0. The Balaban J connectivity index is 2.27. The Kier molecular flexibility index (Phi) is 2.95. The predicted octanol–water partition coefficient (Wildman–Crippen LogP) is 2.42. The number of para-hydroxylation sites is 1. The second kappa shape index (κ2) is 4.77. The van der Waals surface area contributed by atoms with Crippen molar-refractivity contribution in [2.45, 2.75) is 0 Å². The van der Waals surface area contributed by atoms with Crippen LogP contribution in [0.4, 0.5) is 0 Å². The van der Waals surface area contributed by atoms with Gasteiger partial charge in [-0.1, -0.05) is 18.2 Å². The van der Waals surface area contributed by atoms with Crippen LogP contribution in [-0.4, -0.2) is 27.8 Å². The van der Waals surface area contributed by atoms with Crippen LogP contribution in [0.15, 0.2) is 42.7 Å². The predicted molar refractivity (Wildman–Crippen MR) is 75.3 cm³/mol. The van der Waals surface area contributed by atoms with E-state index in [0.717, 1.165) is 16.5 Å². The van der Waals surface area contributed by atoms with Crippen LogP contribution >= 0.6 is 0 Å². The van der Waals surface area contributed by atoms with Gasteiger partial charge in [0.05, 0.1) is 30.1 Å². The van der Waals surface area contributed by atoms with E-state index in [1.165, 1.54) is 7.11 Å². The number of nitrogens with zero attached hydrogens (tertiary/aromatic N) is 3. The molecule has 0 amide bonds. The van der Waals surface area contributed by atoms with Crippen LogP contribution in [0.3, 0.4) is 0 Å². The summed E-state index contributed by atoms with van der Waals surface area (Å²) < 4.78 is 6.55. The molecule has 5 nitrogen and oxygen atoms in total. The summed E-state index contributed by atoms with van der Waals surface area (Å²) in [6.45, 7) is 0. The number of aromatic nitrogens is 3. The number of benzene rings is 1. The Bertz CT molecular complexity index is 793. The smallest absolute Gasteiger partial charge is 0.338 e. The van der Waals surface area contributed by atoms with Gasteiger partial charge in [-0.05, 0) is 12.1 Å². The summed E-state index contributed by atoms with van der Waals surface area (Å²) >= 11 is 0. The van der Waals surface area contributed by atoms with E-state index in [1.807, 2.05) is 37.5 Å². The quantitative estimate of drug-likeness (QED) is 0.669. The molecule has 0 fully saturated rings. The molecule has 0 radical (unpaired) electrons. The molecular formula is C15H13N3O2. The molecule has 1 aromatic carbocycles. The largest absolute Gasteiger partial charge is 0.465 e. The number of carbonyl (C=O) groups excluding carboxylic acids is 1. The molecule has 100 valence electrons. The Hall–Kier alpha value is -2.69. The van der Waals surface area contributed by atoms with Gasteiger partial charge in [0.25, 0.3) is 0 Å². The fourth-order valence-corrected chi connectivity index (χ4v) is 2.16. The second-order valence-corrected chi connectivity index (χ2v) is 4.47. The number of esters is 1. The number of rotatable bonds is 2. The summed E-state index contributed by atoms with van der Waals surface area (Å²) in [7, 11) is 3.22. The van der Waals surface area contributed by atoms with Gasteiger partial charge in [-0.2, -0.15) is 5.10 Å². The molecule has 0 aliphatic heterocycles. The maximum Gasteiger partial charge on any atom is 0.338 e. The number of ether oxygens (including phenoxy) is 1. The van der Waals surface area contributed by atoms with Gasteiger partial charge in [0.1, 0.15) is 0 Å². The van der Waals surface area contributed by atoms with Crippen LogP contribution < -0.4 is 0 Å². The van der Waals surface area contributed by atoms with E-state index in [1.54, 1.807) is 16.9 Å². The number of aryl methyl sites for hydroxylation is 1. The van der Waals surface area contributed by atoms with Gasteiger partial charge in [0.15, 0.2) is 0 Å². The summed E-state index contributed by atoms with van der Waals surface area (Å²) in [5.41, 5.74) is 2.84. The van der Waals surface area contributed by atoms with Crippen molar-refractivity contribution in [3.05, 3.63) is 48.3 Å². The van der Waals surface area contributed by atoms with E-state index in [0.29, 0.717) is 11.3 Å². The van der Waals surface area contributed by atoms with E-state index in [2.05, 4.69) is 10.1 Å². The first kappa shape index (κ1) is 12.3. The maximum atomic E-state index is 11.9. The monoisotopic (exact) mass is 267 g/mol. The summed E-state index contributed by atoms with van der Waals surface area (Å²) in [5, 5.41) is 4.91. The van der Waals surface area contributed by atoms with Crippen LogP contribution in [0.25, 0.3) is 22.2 Å². The lowest BCUT2D eigenvalue weighted by Gasteiger charge is -2.07. The van der Waals surface area contributed by atoms with Crippen molar-refractivity contribution in [2.75, 3.05) is 7.11 Å². The van der Waals surface area contributed by atoms with Crippen molar-refractivity contribution >= 4 is 16.9 Å². The highest BCUT2D eigenvalue weighted by atomic mass is 16.5. The summed E-state index contributed by atoms with van der Waals surface area (Å²) in [6.07, 6.45) is 3.58. The highest BCUT2D eigenvalue weighted by Gasteiger charge is 2.14. The molecule has 5 heteroatoms. The van der Waals surface area contributed by atoms with Crippen molar-refractivity contribution in [2.24, 2.45) is 7.05 Å². The maximum absolute atomic E-state index is 11.9. The minimum absolute atomic E-state index is 0.367. The Morgan fingerprint density at radius 3 is 2.80 bits per heavy atom. The first-order valence-electron chi connectivity index (χ1n) is 6.16. The topological polar surface area (TPSA) is 57.0 Å². The Labute approximate surface area is 115 Å². The highest BCUT2D eigenvalue weighted by Crippen LogP contribution is 2.24. The lowest BCUT2D eigenvalue weighted by atomic mass is 10.1. The van der Waals surface area contributed by atoms with Crippen molar-refractivity contribution in [1.82, 2.24) is 14.8 Å². The van der Waals surface area contributed by atoms with E-state index >= 15 is 0 Å². The van der Waals surface area contributed by atoms with E-state index in [-0.39, 0.29) is 5.97 Å². The molecule has 3 aromatic rings. The summed E-state index contributed by atoms with van der Waals surface area (Å²) in [6, 6.07) is 9.25. The molecule has 20 heavy (non-hydrogen) atoms. The number of hydrogen-bond acceptors (Lipinski definition) is 4. The third-order valence-electron chi connectivity index (χ3n) is 3.12. The van der Waals surface area contributed by atoms with E-state index < -0.39 is 0 Å². The van der Waals surface area contributed by atoms with Crippen molar-refractivity contribution in [3.8, 4) is 11.3 Å². The molecule has 0 saturated carbocycles. The number of methoxy groups -OCH3 is 1. The Morgan fingerprint density at radius 2 is 2.10 bits per heavy atom. The minimum atomic E-state index is -0.367. The third kappa shape index (κ3) is 2.03. The molecular weight excluding hydrogens is 254 g/mol. The summed E-state index contributed by atoms with van der Waals surface area (Å²) in [4.78, 5) is 16.5. The van der Waals surface area contributed by atoms with Gasteiger partial charge in [-0.15, -0.1) is 0 Å². The van der Waals surface area contributed by atoms with Crippen molar-refractivity contribution in [1.29, 1.82) is 0 Å². The number of pyridine rings is 1. The average Bonchev–Trinajstić information content (AvgIpc) is 2.92. The van der Waals surface area contributed by atoms with Gasteiger partial charge < -0.3 is 4.74 Å². The fourth-order valence-electron chi connectivity index (χ4n) is 2.16. The first-order valence-corrected chi connectivity index (χ1v) is 6.16. The van der Waals surface area contributed by atoms with Gasteiger partial charge in [0, 0.05) is 24.2 Å². The van der Waals surface area contributed by atoms with Gasteiger partial charge in [0.2, 0.25) is 0 Å². The molecule has 2 heterocycles. The fraction of sp³-hybridized carbons (Fsp3) is 0.133. The molecule has 2 aromatic heterocycles. The standard InChI is InChI=1S/C15H13N3O2/c1-18-9-10(8-16-18)14-7-12(15(19)20-2)11-5-3-4-6-13(11)17-14/h3-9H,1-2H3. The molecule has 3 rings (SSSR count). The normalized spacial score (nSPS) is 10.7. The van der Waals surface area contributed by atoms with Crippen LogP contribution in [-0.2, 0) is 11.8 Å². The molecule has 0 N–H and O–H groups in total. The van der Waals surface area contributed by atoms with Crippen molar-refractivity contribution < 1.29 is 9.53 Å². The number of carbonyl (C=O) groups is 1. The van der Waals surface area contributed by atoms with Crippen LogP contribution in [0.2, 0.25) is 0 Å². The van der Waals surface area contributed by atoms with Crippen molar-refractivity contribution in [3.63, 3.8) is 0 Å². The molecule has 0 atom stereocenters. The van der Waals surface area contributed by atoms with Crippen LogP contribution in [0.1, 0.15) is 10.4 Å². The van der Waals surface area contributed by atoms with Crippen LogP contribution in [0.5, 0.6) is 0 Å². The molecule has 0 bridgehead atoms. The molecule has 0 saturated heterocycles. The number of fused-ring (bicyclic) bond motifs is 1. The van der Waals surface area contributed by atoms with E-state index in [9.17, 15) is 4.79 Å². The zero-order valence-corrected chi connectivity index (χ0v) is 11.2. The lowest BCUT2D eigenvalue weighted by Crippen LogP contribution is -2.03. The molecule has 0 unspecified atom stereocenters. The van der Waals surface area contributed by atoms with Gasteiger partial charge in [-0.25, -0.2) is 9.78 Å². The highest BCUT2D eigenvalue weighted by molar-refractivity contribution is 6.04. The zero-order valence-electron chi connectivity index (χ0n) is 11.2. The first-order chi connectivity index (χ1) is 9.69. The SMILES string of the molecule is COC(=O)c1cc(-c2cnn(C)c2)nc2ccccc12. The van der Waals surface area contributed by atoms with Gasteiger partial charge >= 0.3 is 5.97 Å². The Morgan fingerprint density at radius 1 is 1.30 bits per heavy atom. The molecule has 0 spiro atoms. The third-order valence-corrected chi connectivity index (χ3v) is 3.12. The van der Waals surface area contributed by atoms with E-state index in [4.69, 9.17) is 4.74 Å². The summed E-state index contributed by atoms with van der Waals surface area (Å²) in [5.74, 6) is -0.367. The van der Waals surface area contributed by atoms with Gasteiger partial charge in [-0.3, -0.25) is 4.68 Å². The minimum Gasteiger partial charge on any atom is -0.465 e. The second-order valence-electron chi connectivity index (χ2n) is 4.47.